The predicted octanol–water partition coefficient (Wildman–Crippen LogP) is 3.74. The Morgan fingerprint density at radius 2 is 1.71 bits per heavy atom. The Morgan fingerprint density at radius 3 is 2.46 bits per heavy atom. The molecule has 1 aliphatic rings. The zero-order chi connectivity index (χ0) is 19.4. The standard InChI is InChI=1S/C22H16N4O2/c1-13-7-6-10-15(11-13)26-21(27)16-12-23-20-18(17(16)22(26)28)19(24-25(20)2)14-8-4-3-5-9-14/h3-12H,1-2H3. The summed E-state index contributed by atoms with van der Waals surface area (Å²) in [5.41, 5.74) is 4.30. The maximum absolute atomic E-state index is 13.4. The Hall–Kier alpha value is -3.80. The molecule has 2 aromatic heterocycles. The Balaban J connectivity index is 1.78. The van der Waals surface area contributed by atoms with Crippen LogP contribution in [0.4, 0.5) is 5.69 Å². The minimum Gasteiger partial charge on any atom is -0.268 e. The molecule has 5 rings (SSSR count). The van der Waals surface area contributed by atoms with Gasteiger partial charge >= 0.3 is 0 Å². The fourth-order valence-corrected chi connectivity index (χ4v) is 3.73. The van der Waals surface area contributed by atoms with E-state index in [-0.39, 0.29) is 11.8 Å². The molecule has 6 nitrogen and oxygen atoms in total. The smallest absolute Gasteiger partial charge is 0.267 e. The lowest BCUT2D eigenvalue weighted by molar-refractivity contribution is 0.0926. The second-order valence-corrected chi connectivity index (χ2v) is 6.87. The van der Waals surface area contributed by atoms with E-state index in [1.54, 1.807) is 17.8 Å². The van der Waals surface area contributed by atoms with E-state index < -0.39 is 0 Å². The number of aromatic nitrogens is 3. The van der Waals surface area contributed by atoms with Gasteiger partial charge in [0.25, 0.3) is 11.8 Å². The number of hydrogen-bond donors (Lipinski definition) is 0. The van der Waals surface area contributed by atoms with Crippen LogP contribution in [0.1, 0.15) is 26.3 Å². The molecule has 0 N–H and O–H groups in total. The Morgan fingerprint density at radius 1 is 0.929 bits per heavy atom. The minimum absolute atomic E-state index is 0.309. The van der Waals surface area contributed by atoms with Gasteiger partial charge in [0.05, 0.1) is 22.2 Å². The molecular formula is C22H16N4O2. The first-order chi connectivity index (χ1) is 13.6. The summed E-state index contributed by atoms with van der Waals surface area (Å²) in [5, 5.41) is 5.19. The lowest BCUT2D eigenvalue weighted by atomic mass is 10.0. The van der Waals surface area contributed by atoms with Gasteiger partial charge < -0.3 is 0 Å². The number of carbonyl (C=O) groups is 2. The van der Waals surface area contributed by atoms with E-state index in [1.807, 2.05) is 55.5 Å². The van der Waals surface area contributed by atoms with E-state index in [0.29, 0.717) is 33.5 Å². The zero-order valence-electron chi connectivity index (χ0n) is 15.4. The van der Waals surface area contributed by atoms with Crippen LogP contribution in [0, 0.1) is 6.92 Å². The first-order valence-electron chi connectivity index (χ1n) is 8.93. The average molecular weight is 368 g/mol. The van der Waals surface area contributed by atoms with Crippen molar-refractivity contribution in [3.63, 3.8) is 0 Å². The number of hydrogen-bond acceptors (Lipinski definition) is 4. The molecule has 0 radical (unpaired) electrons. The number of rotatable bonds is 2. The van der Waals surface area contributed by atoms with Crippen molar-refractivity contribution >= 4 is 28.5 Å². The topological polar surface area (TPSA) is 68.1 Å². The van der Waals surface area contributed by atoms with Gasteiger partial charge in [-0.15, -0.1) is 0 Å². The summed E-state index contributed by atoms with van der Waals surface area (Å²) >= 11 is 0. The van der Waals surface area contributed by atoms with Gasteiger partial charge in [-0.1, -0.05) is 42.5 Å². The quantitative estimate of drug-likeness (QED) is 0.506. The molecule has 3 heterocycles. The predicted molar refractivity (Wildman–Crippen MR) is 106 cm³/mol. The van der Waals surface area contributed by atoms with Crippen LogP contribution in [-0.2, 0) is 7.05 Å². The summed E-state index contributed by atoms with van der Waals surface area (Å²) in [7, 11) is 1.79. The van der Waals surface area contributed by atoms with Crippen LogP contribution < -0.4 is 4.90 Å². The van der Waals surface area contributed by atoms with Gasteiger partial charge in [-0.2, -0.15) is 5.10 Å². The van der Waals surface area contributed by atoms with Crippen molar-refractivity contribution in [2.45, 2.75) is 6.92 Å². The molecule has 0 saturated heterocycles. The molecule has 0 bridgehead atoms. The highest BCUT2D eigenvalue weighted by molar-refractivity contribution is 6.38. The lowest BCUT2D eigenvalue weighted by Gasteiger charge is -2.14. The molecule has 4 aromatic rings. The summed E-state index contributed by atoms with van der Waals surface area (Å²) in [6.07, 6.45) is 1.48. The molecule has 2 aromatic carbocycles. The van der Waals surface area contributed by atoms with Crippen LogP contribution in [0.5, 0.6) is 0 Å². The van der Waals surface area contributed by atoms with Crippen molar-refractivity contribution in [1.29, 1.82) is 0 Å². The molecule has 28 heavy (non-hydrogen) atoms. The van der Waals surface area contributed by atoms with E-state index >= 15 is 0 Å². The first kappa shape index (κ1) is 16.4. The summed E-state index contributed by atoms with van der Waals surface area (Å²) < 4.78 is 1.64. The molecule has 0 fully saturated rings. The van der Waals surface area contributed by atoms with Crippen LogP contribution >= 0.6 is 0 Å². The molecule has 0 saturated carbocycles. The number of amides is 2. The van der Waals surface area contributed by atoms with Crippen molar-refractivity contribution in [2.75, 3.05) is 4.90 Å². The number of nitrogens with zero attached hydrogens (tertiary/aromatic N) is 4. The zero-order valence-corrected chi connectivity index (χ0v) is 15.4. The second-order valence-electron chi connectivity index (χ2n) is 6.87. The number of anilines is 1. The largest absolute Gasteiger partial charge is 0.268 e. The number of benzene rings is 2. The fourth-order valence-electron chi connectivity index (χ4n) is 3.73. The van der Waals surface area contributed by atoms with Crippen molar-refractivity contribution in [2.24, 2.45) is 7.05 Å². The molecule has 0 atom stereocenters. The maximum Gasteiger partial charge on any atom is 0.267 e. The van der Waals surface area contributed by atoms with E-state index in [4.69, 9.17) is 0 Å². The highest BCUT2D eigenvalue weighted by Gasteiger charge is 2.40. The van der Waals surface area contributed by atoms with Crippen LogP contribution in [0.25, 0.3) is 22.3 Å². The number of carbonyl (C=O) groups excluding carboxylic acids is 2. The third kappa shape index (κ3) is 2.21. The number of aryl methyl sites for hydroxylation is 2. The molecule has 0 unspecified atom stereocenters. The highest BCUT2D eigenvalue weighted by atomic mass is 16.2. The van der Waals surface area contributed by atoms with Crippen molar-refractivity contribution in [3.8, 4) is 11.3 Å². The normalized spacial score (nSPS) is 13.4. The SMILES string of the molecule is Cc1cccc(N2C(=O)c3cnc4c(c(-c5ccccc5)nn4C)c3C2=O)c1. The van der Waals surface area contributed by atoms with Crippen molar-refractivity contribution in [1.82, 2.24) is 14.8 Å². The number of fused-ring (bicyclic) bond motifs is 3. The molecule has 6 heteroatoms. The van der Waals surface area contributed by atoms with Gasteiger partial charge in [0, 0.05) is 18.8 Å². The summed E-state index contributed by atoms with van der Waals surface area (Å²) in [4.78, 5) is 32.1. The van der Waals surface area contributed by atoms with E-state index in [1.165, 1.54) is 11.1 Å². The van der Waals surface area contributed by atoms with Crippen LogP contribution in [-0.4, -0.2) is 26.6 Å². The maximum atomic E-state index is 13.4. The van der Waals surface area contributed by atoms with E-state index in [9.17, 15) is 9.59 Å². The van der Waals surface area contributed by atoms with Gasteiger partial charge in [-0.05, 0) is 24.6 Å². The second kappa shape index (κ2) is 5.85. The monoisotopic (exact) mass is 368 g/mol. The first-order valence-corrected chi connectivity index (χ1v) is 8.93. The van der Waals surface area contributed by atoms with Crippen molar-refractivity contribution < 1.29 is 9.59 Å². The van der Waals surface area contributed by atoms with E-state index in [2.05, 4.69) is 10.1 Å². The van der Waals surface area contributed by atoms with Gasteiger partial charge in [-0.25, -0.2) is 14.6 Å². The molecule has 2 amide bonds. The van der Waals surface area contributed by atoms with Crippen LogP contribution in [0.2, 0.25) is 0 Å². The third-order valence-electron chi connectivity index (χ3n) is 5.01. The van der Waals surface area contributed by atoms with Gasteiger partial charge in [0.1, 0.15) is 5.69 Å². The highest BCUT2D eigenvalue weighted by Crippen LogP contribution is 2.37. The Bertz CT molecular complexity index is 1270. The number of imide groups is 1. The number of pyridine rings is 1. The Kier molecular flexibility index (Phi) is 3.42. The summed E-state index contributed by atoms with van der Waals surface area (Å²) in [6, 6.07) is 17.0. The third-order valence-corrected chi connectivity index (χ3v) is 5.01. The molecule has 136 valence electrons. The minimum atomic E-state index is -0.358. The summed E-state index contributed by atoms with van der Waals surface area (Å²) in [5.74, 6) is -0.703. The van der Waals surface area contributed by atoms with Crippen molar-refractivity contribution in [3.05, 3.63) is 77.5 Å². The average Bonchev–Trinajstić information content (AvgIpc) is 3.17. The van der Waals surface area contributed by atoms with Crippen LogP contribution in [0.15, 0.2) is 60.8 Å². The van der Waals surface area contributed by atoms with Gasteiger partial charge in [0.15, 0.2) is 5.65 Å². The van der Waals surface area contributed by atoms with Gasteiger partial charge in [0.2, 0.25) is 0 Å². The molecule has 0 spiro atoms. The molecule has 1 aliphatic heterocycles. The van der Waals surface area contributed by atoms with Gasteiger partial charge in [-0.3, -0.25) is 9.59 Å². The summed E-state index contributed by atoms with van der Waals surface area (Å²) in [6.45, 7) is 1.93. The molecule has 0 aliphatic carbocycles. The fraction of sp³-hybridized carbons (Fsp3) is 0.0909. The van der Waals surface area contributed by atoms with Crippen LogP contribution in [0.3, 0.4) is 0 Å². The van der Waals surface area contributed by atoms with E-state index in [0.717, 1.165) is 11.1 Å². The molecular weight excluding hydrogens is 352 g/mol. The lowest BCUT2D eigenvalue weighted by Crippen LogP contribution is -2.29. The Labute approximate surface area is 161 Å².